The second kappa shape index (κ2) is 56.1. The molecule has 0 bridgehead atoms. The van der Waals surface area contributed by atoms with Crippen LogP contribution in [0.2, 0.25) is 0 Å². The molecular formula is C61H104O5. The molecule has 0 aromatic carbocycles. The van der Waals surface area contributed by atoms with Crippen molar-refractivity contribution in [2.24, 2.45) is 0 Å². The van der Waals surface area contributed by atoms with Crippen molar-refractivity contribution in [3.8, 4) is 0 Å². The van der Waals surface area contributed by atoms with Crippen LogP contribution in [0.3, 0.4) is 0 Å². The van der Waals surface area contributed by atoms with Gasteiger partial charge in [0.15, 0.2) is 6.10 Å². The first-order valence-electron chi connectivity index (χ1n) is 27.8. The van der Waals surface area contributed by atoms with Gasteiger partial charge in [0.1, 0.15) is 6.61 Å². The highest BCUT2D eigenvalue weighted by molar-refractivity contribution is 5.71. The van der Waals surface area contributed by atoms with E-state index in [0.29, 0.717) is 13.0 Å². The predicted octanol–water partition coefficient (Wildman–Crippen LogP) is 19.0. The van der Waals surface area contributed by atoms with Crippen LogP contribution in [-0.2, 0) is 23.8 Å². The summed E-state index contributed by atoms with van der Waals surface area (Å²) in [5.74, 6) is -0.547. The molecule has 0 fully saturated rings. The summed E-state index contributed by atoms with van der Waals surface area (Å²) in [6.45, 7) is 7.49. The van der Waals surface area contributed by atoms with E-state index < -0.39 is 6.10 Å². The number of carbonyl (C=O) groups is 2. The minimum Gasteiger partial charge on any atom is -0.462 e. The predicted molar refractivity (Wildman–Crippen MR) is 288 cm³/mol. The van der Waals surface area contributed by atoms with Crippen molar-refractivity contribution in [2.75, 3.05) is 19.8 Å². The Bertz CT molecular complexity index is 1270. The number of carbonyl (C=O) groups excluding carboxylic acids is 2. The Kier molecular flexibility index (Phi) is 53.4. The van der Waals surface area contributed by atoms with Crippen molar-refractivity contribution in [1.82, 2.24) is 0 Å². The van der Waals surface area contributed by atoms with Gasteiger partial charge in [-0.25, -0.2) is 0 Å². The zero-order valence-corrected chi connectivity index (χ0v) is 43.4. The van der Waals surface area contributed by atoms with Gasteiger partial charge >= 0.3 is 11.9 Å². The van der Waals surface area contributed by atoms with Gasteiger partial charge in [-0.2, -0.15) is 0 Å². The van der Waals surface area contributed by atoms with E-state index in [4.69, 9.17) is 14.2 Å². The molecule has 5 nitrogen and oxygen atoms in total. The van der Waals surface area contributed by atoms with Crippen LogP contribution in [-0.4, -0.2) is 37.9 Å². The molecule has 378 valence electrons. The van der Waals surface area contributed by atoms with Crippen molar-refractivity contribution in [1.29, 1.82) is 0 Å². The molecule has 5 heteroatoms. The first kappa shape index (κ1) is 62.8. The average Bonchev–Trinajstić information content (AvgIpc) is 3.32. The lowest BCUT2D eigenvalue weighted by Gasteiger charge is -2.18. The first-order valence-corrected chi connectivity index (χ1v) is 27.8. The van der Waals surface area contributed by atoms with Gasteiger partial charge in [-0.1, -0.05) is 259 Å². The lowest BCUT2D eigenvalue weighted by molar-refractivity contribution is -0.162. The molecule has 0 aliphatic heterocycles. The minimum atomic E-state index is -0.601. The lowest BCUT2D eigenvalue weighted by atomic mass is 10.0. The highest BCUT2D eigenvalue weighted by Crippen LogP contribution is 2.16. The zero-order chi connectivity index (χ0) is 47.7. The fraction of sp³-hybridized carbons (Fsp3) is 0.705. The Hall–Kier alpha value is -3.18. The van der Waals surface area contributed by atoms with E-state index in [2.05, 4.69) is 106 Å². The highest BCUT2D eigenvalue weighted by Gasteiger charge is 2.17. The Morgan fingerprint density at radius 2 is 0.727 bits per heavy atom. The molecular weight excluding hydrogens is 813 g/mol. The van der Waals surface area contributed by atoms with Gasteiger partial charge in [-0.15, -0.1) is 0 Å². The van der Waals surface area contributed by atoms with Crippen LogP contribution in [0, 0.1) is 0 Å². The van der Waals surface area contributed by atoms with E-state index in [1.54, 1.807) is 0 Å². The summed E-state index contributed by atoms with van der Waals surface area (Å²) in [6, 6.07) is 0. The lowest BCUT2D eigenvalue weighted by Crippen LogP contribution is -2.29. The standard InChI is InChI=1S/C61H104O5/c1-4-7-10-13-16-19-22-25-28-30-31-32-34-36-39-42-45-48-51-54-60(62)65-58-59(57-64-56-53-50-47-44-41-38-35-29-26-23-20-17-14-11-8-5-2)66-61(63)55-52-49-46-43-40-37-33-27-24-21-18-15-12-9-6-3/h8-9,11-12,17-18,20-21,26-27,29,33,40,43,49,52,59H,4-7,10,13-16,19,22-25,28,30-32,34-39,41-42,44-48,50-51,53-58H2,1-3H3/b11-8-,12-9-,20-17-,21-18-,29-26-,33-27-,43-40-,52-49-. The average molecular weight is 917 g/mol. The summed E-state index contributed by atoms with van der Waals surface area (Å²) in [5, 5.41) is 0. The maximum absolute atomic E-state index is 12.8. The van der Waals surface area contributed by atoms with Crippen molar-refractivity contribution in [3.05, 3.63) is 97.2 Å². The quantitative estimate of drug-likeness (QED) is 0.0346. The number of allylic oxidation sites excluding steroid dienone is 15. The number of ether oxygens (including phenoxy) is 3. The van der Waals surface area contributed by atoms with Crippen LogP contribution in [0.25, 0.3) is 0 Å². The number of rotatable bonds is 50. The summed E-state index contributed by atoms with van der Waals surface area (Å²) in [6.07, 6.45) is 76.0. The van der Waals surface area contributed by atoms with Crippen LogP contribution in [0.15, 0.2) is 97.2 Å². The van der Waals surface area contributed by atoms with Crippen LogP contribution in [0.1, 0.15) is 252 Å². The van der Waals surface area contributed by atoms with Gasteiger partial charge in [0, 0.05) is 13.0 Å². The molecule has 0 rings (SSSR count). The third-order valence-electron chi connectivity index (χ3n) is 11.6. The molecule has 0 aliphatic carbocycles. The Labute approximate surface area is 409 Å². The van der Waals surface area contributed by atoms with Crippen molar-refractivity contribution < 1.29 is 23.8 Å². The number of hydrogen-bond donors (Lipinski definition) is 0. The molecule has 0 aromatic rings. The summed E-state index contributed by atoms with van der Waals surface area (Å²) in [5.41, 5.74) is 0. The largest absolute Gasteiger partial charge is 0.462 e. The summed E-state index contributed by atoms with van der Waals surface area (Å²) in [4.78, 5) is 25.4. The zero-order valence-electron chi connectivity index (χ0n) is 43.4. The summed E-state index contributed by atoms with van der Waals surface area (Å²) >= 11 is 0. The Morgan fingerprint density at radius 3 is 1.17 bits per heavy atom. The number of unbranched alkanes of at least 4 members (excludes halogenated alkanes) is 24. The van der Waals surface area contributed by atoms with Crippen LogP contribution < -0.4 is 0 Å². The van der Waals surface area contributed by atoms with Gasteiger partial charge in [0.2, 0.25) is 0 Å². The molecule has 0 amide bonds. The van der Waals surface area contributed by atoms with E-state index in [1.165, 1.54) is 135 Å². The van der Waals surface area contributed by atoms with E-state index in [9.17, 15) is 9.59 Å². The topological polar surface area (TPSA) is 61.8 Å². The van der Waals surface area contributed by atoms with Crippen molar-refractivity contribution >= 4 is 11.9 Å². The summed E-state index contributed by atoms with van der Waals surface area (Å²) in [7, 11) is 0. The molecule has 0 radical (unpaired) electrons. The van der Waals surface area contributed by atoms with Gasteiger partial charge in [-0.05, 0) is 77.0 Å². The van der Waals surface area contributed by atoms with Crippen molar-refractivity contribution in [2.45, 2.75) is 258 Å². The Morgan fingerprint density at radius 1 is 0.364 bits per heavy atom. The fourth-order valence-corrected chi connectivity index (χ4v) is 7.60. The Balaban J connectivity index is 4.36. The van der Waals surface area contributed by atoms with Crippen molar-refractivity contribution in [3.63, 3.8) is 0 Å². The molecule has 0 saturated carbocycles. The van der Waals surface area contributed by atoms with Gasteiger partial charge in [0.25, 0.3) is 0 Å². The second-order valence-corrected chi connectivity index (χ2v) is 18.1. The molecule has 0 aromatic heterocycles. The number of esters is 2. The van der Waals surface area contributed by atoms with Crippen LogP contribution in [0.5, 0.6) is 0 Å². The smallest absolute Gasteiger partial charge is 0.310 e. The minimum absolute atomic E-state index is 0.0381. The molecule has 1 unspecified atom stereocenters. The van der Waals surface area contributed by atoms with Gasteiger partial charge in [0.05, 0.1) is 13.0 Å². The molecule has 0 heterocycles. The molecule has 0 spiro atoms. The number of hydrogen-bond acceptors (Lipinski definition) is 5. The normalized spacial score (nSPS) is 13.0. The molecule has 1 atom stereocenters. The van der Waals surface area contributed by atoms with Gasteiger partial charge in [-0.3, -0.25) is 9.59 Å². The second-order valence-electron chi connectivity index (χ2n) is 18.1. The molecule has 0 saturated heterocycles. The maximum atomic E-state index is 12.8. The van der Waals surface area contributed by atoms with Gasteiger partial charge < -0.3 is 14.2 Å². The first-order chi connectivity index (χ1) is 32.6. The third-order valence-corrected chi connectivity index (χ3v) is 11.6. The third kappa shape index (κ3) is 53.4. The molecule has 0 N–H and O–H groups in total. The SMILES string of the molecule is CC/C=C\C/C=C\C/C=C\C/C=C\C/C=C\CC(=O)OC(COCCCCCCCC/C=C\C/C=C\C/C=C\CC)COC(=O)CCCCCCCCCCCCCCCCCCCCC. The highest BCUT2D eigenvalue weighted by atomic mass is 16.6. The van der Waals surface area contributed by atoms with E-state index in [0.717, 1.165) is 83.5 Å². The summed E-state index contributed by atoms with van der Waals surface area (Å²) < 4.78 is 17.3. The van der Waals surface area contributed by atoms with E-state index in [-0.39, 0.29) is 31.6 Å². The molecule has 0 aliphatic rings. The molecule has 66 heavy (non-hydrogen) atoms. The van der Waals surface area contributed by atoms with Crippen LogP contribution >= 0.6 is 0 Å². The van der Waals surface area contributed by atoms with E-state index >= 15 is 0 Å². The fourth-order valence-electron chi connectivity index (χ4n) is 7.60. The van der Waals surface area contributed by atoms with E-state index in [1.807, 2.05) is 12.2 Å². The monoisotopic (exact) mass is 917 g/mol. The van der Waals surface area contributed by atoms with Crippen LogP contribution in [0.4, 0.5) is 0 Å². The maximum Gasteiger partial charge on any atom is 0.310 e.